The van der Waals surface area contributed by atoms with E-state index in [-0.39, 0.29) is 11.0 Å². The molecule has 2 N–H and O–H groups in total. The zero-order chi connectivity index (χ0) is 20.2. The molecule has 1 amide bonds. The van der Waals surface area contributed by atoms with Crippen LogP contribution in [0.3, 0.4) is 0 Å². The molecule has 0 radical (unpaired) electrons. The number of methoxy groups -OCH3 is 1. The highest BCUT2D eigenvalue weighted by Gasteiger charge is 2.11. The van der Waals surface area contributed by atoms with Gasteiger partial charge in [0, 0.05) is 16.5 Å². The summed E-state index contributed by atoms with van der Waals surface area (Å²) in [6.07, 6.45) is 0. The summed E-state index contributed by atoms with van der Waals surface area (Å²) >= 11 is 6.69. The third-order valence-corrected chi connectivity index (χ3v) is 5.31. The average Bonchev–Trinajstić information content (AvgIpc) is 3.21. The quantitative estimate of drug-likeness (QED) is 0.451. The number of amides is 1. The van der Waals surface area contributed by atoms with Crippen LogP contribution in [0.4, 0.5) is 5.13 Å². The number of hydrogen-bond acceptors (Lipinski definition) is 5. The number of thiocarbonyl (C=S) groups is 1. The lowest BCUT2D eigenvalue weighted by molar-refractivity contribution is 0.0978. The molecule has 0 atom stereocenters. The number of hydrogen-bond donors (Lipinski definition) is 2. The van der Waals surface area contributed by atoms with Crippen molar-refractivity contribution in [2.24, 2.45) is 0 Å². The van der Waals surface area contributed by atoms with E-state index in [0.29, 0.717) is 10.7 Å². The largest absolute Gasteiger partial charge is 0.497 e. The Morgan fingerprint density at radius 1 is 1.03 bits per heavy atom. The van der Waals surface area contributed by atoms with E-state index in [2.05, 4.69) is 15.6 Å². The number of nitrogens with one attached hydrogen (secondary N) is 2. The average molecular weight is 420 g/mol. The summed E-state index contributed by atoms with van der Waals surface area (Å²) in [5.41, 5.74) is 2.34. The van der Waals surface area contributed by atoms with E-state index in [4.69, 9.17) is 17.0 Å². The van der Waals surface area contributed by atoms with Gasteiger partial charge < -0.3 is 10.1 Å². The molecule has 0 spiro atoms. The van der Waals surface area contributed by atoms with Crippen LogP contribution in [0.5, 0.6) is 5.75 Å². The van der Waals surface area contributed by atoms with E-state index in [1.165, 1.54) is 11.3 Å². The molecule has 0 aliphatic carbocycles. The van der Waals surface area contributed by atoms with E-state index < -0.39 is 0 Å². The van der Waals surface area contributed by atoms with Gasteiger partial charge in [-0.3, -0.25) is 10.1 Å². The number of carbonyl (C=O) groups excluding carboxylic acids is 1. The topological polar surface area (TPSA) is 63.2 Å². The molecule has 0 unspecified atom stereocenters. The summed E-state index contributed by atoms with van der Waals surface area (Å²) < 4.78 is 5.17. The van der Waals surface area contributed by atoms with Crippen LogP contribution in [0.25, 0.3) is 22.0 Å². The van der Waals surface area contributed by atoms with Gasteiger partial charge in [0.1, 0.15) is 5.75 Å². The summed E-state index contributed by atoms with van der Waals surface area (Å²) in [6.45, 7) is 0. The predicted octanol–water partition coefficient (Wildman–Crippen LogP) is 5.10. The molecule has 144 valence electrons. The molecule has 0 aliphatic heterocycles. The lowest BCUT2D eigenvalue weighted by Gasteiger charge is -2.08. The van der Waals surface area contributed by atoms with E-state index in [9.17, 15) is 4.79 Å². The zero-order valence-electron chi connectivity index (χ0n) is 15.5. The highest BCUT2D eigenvalue weighted by Crippen LogP contribution is 2.26. The van der Waals surface area contributed by atoms with Crippen molar-refractivity contribution in [2.45, 2.75) is 0 Å². The van der Waals surface area contributed by atoms with Crippen molar-refractivity contribution >= 4 is 50.5 Å². The fourth-order valence-corrected chi connectivity index (χ4v) is 3.84. The van der Waals surface area contributed by atoms with Crippen LogP contribution < -0.4 is 15.4 Å². The lowest BCUT2D eigenvalue weighted by atomic mass is 10.1. The summed E-state index contributed by atoms with van der Waals surface area (Å²) in [4.78, 5) is 17.0. The van der Waals surface area contributed by atoms with Gasteiger partial charge in [0.05, 0.1) is 12.8 Å². The maximum absolute atomic E-state index is 12.5. The minimum Gasteiger partial charge on any atom is -0.497 e. The number of anilines is 1. The van der Waals surface area contributed by atoms with Crippen molar-refractivity contribution in [2.75, 3.05) is 12.4 Å². The van der Waals surface area contributed by atoms with E-state index >= 15 is 0 Å². The highest BCUT2D eigenvalue weighted by molar-refractivity contribution is 7.80. The Kier molecular flexibility index (Phi) is 5.50. The minimum atomic E-state index is -0.264. The van der Waals surface area contributed by atoms with Crippen LogP contribution in [0.15, 0.2) is 72.1 Å². The van der Waals surface area contributed by atoms with Gasteiger partial charge in [-0.15, -0.1) is 11.3 Å². The Hall–Kier alpha value is -3.29. The Bertz CT molecular complexity index is 1190. The molecule has 3 aromatic carbocycles. The second-order valence-corrected chi connectivity index (χ2v) is 7.50. The molecule has 4 rings (SSSR count). The third-order valence-electron chi connectivity index (χ3n) is 4.35. The van der Waals surface area contributed by atoms with Gasteiger partial charge in [-0.25, -0.2) is 4.98 Å². The van der Waals surface area contributed by atoms with Crippen LogP contribution in [0.1, 0.15) is 10.4 Å². The Morgan fingerprint density at radius 3 is 2.55 bits per heavy atom. The van der Waals surface area contributed by atoms with E-state index in [1.807, 2.05) is 66.0 Å². The third kappa shape index (κ3) is 4.42. The molecule has 5 nitrogen and oxygen atoms in total. The number of nitrogens with zero attached hydrogens (tertiary/aromatic N) is 1. The first-order chi connectivity index (χ1) is 14.1. The van der Waals surface area contributed by atoms with Crippen molar-refractivity contribution in [1.29, 1.82) is 0 Å². The van der Waals surface area contributed by atoms with Gasteiger partial charge in [0.2, 0.25) is 0 Å². The molecule has 0 bridgehead atoms. The predicted molar refractivity (Wildman–Crippen MR) is 122 cm³/mol. The van der Waals surface area contributed by atoms with Crippen molar-refractivity contribution in [3.8, 4) is 17.0 Å². The monoisotopic (exact) mass is 419 g/mol. The molecule has 29 heavy (non-hydrogen) atoms. The maximum atomic E-state index is 12.5. The Balaban J connectivity index is 1.41. The Morgan fingerprint density at radius 2 is 1.79 bits per heavy atom. The molecule has 0 fully saturated rings. The summed E-state index contributed by atoms with van der Waals surface area (Å²) in [7, 11) is 1.63. The van der Waals surface area contributed by atoms with Crippen LogP contribution in [0.2, 0.25) is 0 Å². The number of carbonyl (C=O) groups is 1. The number of fused-ring (bicyclic) bond motifs is 1. The summed E-state index contributed by atoms with van der Waals surface area (Å²) in [6, 6.07) is 21.1. The molecule has 1 heterocycles. The molecule has 0 saturated carbocycles. The number of aromatic nitrogens is 1. The lowest BCUT2D eigenvalue weighted by Crippen LogP contribution is -2.34. The smallest absolute Gasteiger partial charge is 0.257 e. The standard InChI is InChI=1S/C22H17N3O2S2/c1-27-18-10-8-15(9-11-18)19-13-29-22(23-19)25-21(28)24-20(26)17-7-6-14-4-2-3-5-16(14)12-17/h2-13H,1H3,(H2,23,24,25,26,28). The van der Waals surface area contributed by atoms with E-state index in [0.717, 1.165) is 27.8 Å². The van der Waals surface area contributed by atoms with Gasteiger partial charge in [-0.2, -0.15) is 0 Å². The number of thiazole rings is 1. The normalized spacial score (nSPS) is 10.5. The molecule has 7 heteroatoms. The van der Waals surface area contributed by atoms with Crippen molar-refractivity contribution in [3.63, 3.8) is 0 Å². The maximum Gasteiger partial charge on any atom is 0.257 e. The highest BCUT2D eigenvalue weighted by atomic mass is 32.1. The first-order valence-electron chi connectivity index (χ1n) is 8.83. The molecule has 0 saturated heterocycles. The van der Waals surface area contributed by atoms with Crippen molar-refractivity contribution in [3.05, 3.63) is 77.7 Å². The fraction of sp³-hybridized carbons (Fsp3) is 0.0455. The molecular formula is C22H17N3O2S2. The second kappa shape index (κ2) is 8.38. The molecule has 1 aromatic heterocycles. The van der Waals surface area contributed by atoms with Crippen molar-refractivity contribution in [1.82, 2.24) is 10.3 Å². The first kappa shape index (κ1) is 19.0. The van der Waals surface area contributed by atoms with Crippen LogP contribution in [0, 0.1) is 0 Å². The first-order valence-corrected chi connectivity index (χ1v) is 10.1. The van der Waals surface area contributed by atoms with E-state index in [1.54, 1.807) is 13.2 Å². The summed E-state index contributed by atoms with van der Waals surface area (Å²) in [5, 5.41) is 10.5. The van der Waals surface area contributed by atoms with Crippen molar-refractivity contribution < 1.29 is 9.53 Å². The van der Waals surface area contributed by atoms with Gasteiger partial charge >= 0.3 is 0 Å². The molecule has 4 aromatic rings. The molecular weight excluding hydrogens is 402 g/mol. The van der Waals surface area contributed by atoms with Gasteiger partial charge in [0.25, 0.3) is 5.91 Å². The van der Waals surface area contributed by atoms with Crippen LogP contribution >= 0.6 is 23.6 Å². The van der Waals surface area contributed by atoms with Crippen LogP contribution in [-0.2, 0) is 0 Å². The van der Waals surface area contributed by atoms with Gasteiger partial charge in [0.15, 0.2) is 10.2 Å². The number of ether oxygens (including phenoxy) is 1. The SMILES string of the molecule is COc1ccc(-c2csc(NC(=S)NC(=O)c3ccc4ccccc4c3)n2)cc1. The van der Waals surface area contributed by atoms with Gasteiger partial charge in [-0.05, 0) is 59.4 Å². The number of rotatable bonds is 4. The van der Waals surface area contributed by atoms with Crippen LogP contribution in [-0.4, -0.2) is 23.1 Å². The summed E-state index contributed by atoms with van der Waals surface area (Å²) in [5.74, 6) is 0.528. The molecule has 0 aliphatic rings. The second-order valence-electron chi connectivity index (χ2n) is 6.24. The minimum absolute atomic E-state index is 0.207. The number of benzene rings is 3. The zero-order valence-corrected chi connectivity index (χ0v) is 17.1. The fourth-order valence-electron chi connectivity index (χ4n) is 2.86. The Labute approximate surface area is 177 Å². The van der Waals surface area contributed by atoms with Gasteiger partial charge in [-0.1, -0.05) is 30.3 Å².